The molecule has 0 unspecified atom stereocenters. The Kier molecular flexibility index (Phi) is 2.25. The molecule has 1 nitrogen and oxygen atoms in total. The van der Waals surface area contributed by atoms with E-state index in [0.717, 1.165) is 6.07 Å². The topological polar surface area (TPSA) is 13.1 Å². The van der Waals surface area contributed by atoms with E-state index in [9.17, 15) is 8.78 Å². The van der Waals surface area contributed by atoms with E-state index < -0.39 is 11.6 Å². The first-order valence-electron chi connectivity index (χ1n) is 3.87. The summed E-state index contributed by atoms with van der Waals surface area (Å²) < 4.78 is 31.0. The third-order valence-electron chi connectivity index (χ3n) is 1.80. The van der Waals surface area contributed by atoms with E-state index in [1.807, 2.05) is 0 Å². The van der Waals surface area contributed by atoms with Crippen LogP contribution in [-0.2, 0) is 0 Å². The molecule has 0 spiro atoms. The fourth-order valence-corrected chi connectivity index (χ4v) is 1.31. The highest BCUT2D eigenvalue weighted by atomic mass is 35.5. The van der Waals surface area contributed by atoms with E-state index in [1.54, 1.807) is 12.1 Å². The summed E-state index contributed by atoms with van der Waals surface area (Å²) >= 11 is 5.52. The van der Waals surface area contributed by atoms with Gasteiger partial charge in [-0.2, -0.15) is 0 Å². The molecule has 4 heteroatoms. The van der Waals surface area contributed by atoms with E-state index in [2.05, 4.69) is 0 Å². The zero-order valence-electron chi connectivity index (χ0n) is 6.93. The van der Waals surface area contributed by atoms with Crippen molar-refractivity contribution in [2.75, 3.05) is 0 Å². The van der Waals surface area contributed by atoms with Crippen LogP contribution in [0.15, 0.2) is 34.9 Å². The van der Waals surface area contributed by atoms with Crippen LogP contribution in [0.2, 0.25) is 5.02 Å². The molecule has 0 N–H and O–H groups in total. The minimum absolute atomic E-state index is 0.127. The smallest absolute Gasteiger partial charge is 0.144 e. The van der Waals surface area contributed by atoms with Crippen molar-refractivity contribution >= 4 is 11.6 Å². The number of hydrogen-bond acceptors (Lipinski definition) is 1. The second-order valence-electron chi connectivity index (χ2n) is 2.72. The standard InChI is InChI=1S/C10H5ClF2O/c11-7-4-6(8(12)5-9(7)13)10-2-1-3-14-10/h1-5H. The van der Waals surface area contributed by atoms with Crippen molar-refractivity contribution in [2.45, 2.75) is 0 Å². The second-order valence-corrected chi connectivity index (χ2v) is 3.13. The molecule has 1 aromatic carbocycles. The quantitative estimate of drug-likeness (QED) is 0.657. The molecule has 72 valence electrons. The van der Waals surface area contributed by atoms with Gasteiger partial charge in [0.1, 0.15) is 17.4 Å². The minimum atomic E-state index is -0.778. The van der Waals surface area contributed by atoms with E-state index in [4.69, 9.17) is 16.0 Å². The van der Waals surface area contributed by atoms with Gasteiger partial charge in [0.25, 0.3) is 0 Å². The highest BCUT2D eigenvalue weighted by molar-refractivity contribution is 6.31. The first-order valence-corrected chi connectivity index (χ1v) is 4.24. The minimum Gasteiger partial charge on any atom is -0.464 e. The van der Waals surface area contributed by atoms with Gasteiger partial charge in [-0.25, -0.2) is 8.78 Å². The lowest BCUT2D eigenvalue weighted by molar-refractivity contribution is 0.560. The van der Waals surface area contributed by atoms with Gasteiger partial charge in [-0.15, -0.1) is 0 Å². The normalized spacial score (nSPS) is 10.5. The molecule has 0 bridgehead atoms. The predicted octanol–water partition coefficient (Wildman–Crippen LogP) is 3.88. The van der Waals surface area contributed by atoms with Gasteiger partial charge in [0.05, 0.1) is 16.8 Å². The SMILES string of the molecule is Fc1cc(F)c(-c2ccco2)cc1Cl. The average Bonchev–Trinajstić information content (AvgIpc) is 2.64. The summed E-state index contributed by atoms with van der Waals surface area (Å²) in [4.78, 5) is 0. The van der Waals surface area contributed by atoms with E-state index >= 15 is 0 Å². The lowest BCUT2D eigenvalue weighted by Gasteiger charge is -2.01. The first-order chi connectivity index (χ1) is 6.68. The Labute approximate surface area is 83.9 Å². The lowest BCUT2D eigenvalue weighted by atomic mass is 10.1. The Morgan fingerprint density at radius 2 is 1.93 bits per heavy atom. The first kappa shape index (κ1) is 9.21. The molecule has 0 aliphatic heterocycles. The average molecular weight is 215 g/mol. The van der Waals surface area contributed by atoms with E-state index in [0.29, 0.717) is 5.76 Å². The van der Waals surface area contributed by atoms with Crippen LogP contribution in [0.3, 0.4) is 0 Å². The molecule has 2 aromatic rings. The van der Waals surface area contributed by atoms with Crippen LogP contribution in [0, 0.1) is 11.6 Å². The predicted molar refractivity (Wildman–Crippen MR) is 49.1 cm³/mol. The van der Waals surface area contributed by atoms with Crippen LogP contribution < -0.4 is 0 Å². The van der Waals surface area contributed by atoms with Crippen molar-refractivity contribution in [3.05, 3.63) is 47.2 Å². The van der Waals surface area contributed by atoms with Gasteiger partial charge in [0, 0.05) is 6.07 Å². The van der Waals surface area contributed by atoms with Crippen molar-refractivity contribution in [3.63, 3.8) is 0 Å². The van der Waals surface area contributed by atoms with Gasteiger partial charge >= 0.3 is 0 Å². The molecule has 1 aromatic heterocycles. The Hall–Kier alpha value is -1.35. The highest BCUT2D eigenvalue weighted by Gasteiger charge is 2.11. The Morgan fingerprint density at radius 1 is 1.14 bits per heavy atom. The maximum absolute atomic E-state index is 13.2. The van der Waals surface area contributed by atoms with Crippen molar-refractivity contribution in [2.24, 2.45) is 0 Å². The summed E-state index contributed by atoms with van der Waals surface area (Å²) in [7, 11) is 0. The fourth-order valence-electron chi connectivity index (χ4n) is 1.14. The van der Waals surface area contributed by atoms with Gasteiger partial charge < -0.3 is 4.42 Å². The van der Waals surface area contributed by atoms with Crippen molar-refractivity contribution in [1.82, 2.24) is 0 Å². The second kappa shape index (κ2) is 3.42. The molecular formula is C10H5ClF2O. The molecule has 0 fully saturated rings. The van der Waals surface area contributed by atoms with E-state index in [-0.39, 0.29) is 10.6 Å². The molecule has 0 saturated heterocycles. The molecule has 0 aliphatic rings. The van der Waals surface area contributed by atoms with Gasteiger partial charge in [0.2, 0.25) is 0 Å². The maximum Gasteiger partial charge on any atom is 0.144 e. The third kappa shape index (κ3) is 1.51. The maximum atomic E-state index is 13.2. The molecule has 0 saturated carbocycles. The molecule has 0 amide bonds. The number of halogens is 3. The molecule has 1 heterocycles. The summed E-state index contributed by atoms with van der Waals surface area (Å²) in [5.41, 5.74) is 0.154. The molecule has 14 heavy (non-hydrogen) atoms. The van der Waals surface area contributed by atoms with Crippen LogP contribution in [0.5, 0.6) is 0 Å². The summed E-state index contributed by atoms with van der Waals surface area (Å²) in [6.45, 7) is 0. The van der Waals surface area contributed by atoms with Crippen molar-refractivity contribution in [1.29, 1.82) is 0 Å². The van der Waals surface area contributed by atoms with Crippen LogP contribution >= 0.6 is 11.6 Å². The molecule has 0 atom stereocenters. The van der Waals surface area contributed by atoms with Crippen LogP contribution in [0.25, 0.3) is 11.3 Å². The Balaban J connectivity index is 2.60. The van der Waals surface area contributed by atoms with Crippen LogP contribution in [0.4, 0.5) is 8.78 Å². The summed E-state index contributed by atoms with van der Waals surface area (Å²) in [6, 6.07) is 5.13. The fraction of sp³-hybridized carbons (Fsp3) is 0. The number of benzene rings is 1. The van der Waals surface area contributed by atoms with Gasteiger partial charge in [0.15, 0.2) is 0 Å². The Bertz CT molecular complexity index is 451. The van der Waals surface area contributed by atoms with Crippen molar-refractivity contribution < 1.29 is 13.2 Å². The zero-order valence-corrected chi connectivity index (χ0v) is 7.68. The monoisotopic (exact) mass is 214 g/mol. The van der Waals surface area contributed by atoms with Crippen molar-refractivity contribution in [3.8, 4) is 11.3 Å². The van der Waals surface area contributed by atoms with Gasteiger partial charge in [-0.3, -0.25) is 0 Å². The van der Waals surface area contributed by atoms with E-state index in [1.165, 1.54) is 12.3 Å². The summed E-state index contributed by atoms with van der Waals surface area (Å²) in [5, 5.41) is -0.127. The van der Waals surface area contributed by atoms with Gasteiger partial charge in [-0.05, 0) is 18.2 Å². The molecule has 0 aliphatic carbocycles. The molecule has 0 radical (unpaired) electrons. The van der Waals surface area contributed by atoms with Crippen LogP contribution in [0.1, 0.15) is 0 Å². The largest absolute Gasteiger partial charge is 0.464 e. The number of hydrogen-bond donors (Lipinski definition) is 0. The third-order valence-corrected chi connectivity index (χ3v) is 2.09. The zero-order chi connectivity index (χ0) is 10.1. The number of rotatable bonds is 1. The lowest BCUT2D eigenvalue weighted by Crippen LogP contribution is -1.86. The molecular weight excluding hydrogens is 210 g/mol. The summed E-state index contributed by atoms with van der Waals surface area (Å²) in [6.07, 6.45) is 1.41. The number of furan rings is 1. The van der Waals surface area contributed by atoms with Gasteiger partial charge in [-0.1, -0.05) is 11.6 Å². The molecule has 2 rings (SSSR count). The van der Waals surface area contributed by atoms with Crippen LogP contribution in [-0.4, -0.2) is 0 Å². The summed E-state index contributed by atoms with van der Waals surface area (Å²) in [5.74, 6) is -1.15. The highest BCUT2D eigenvalue weighted by Crippen LogP contribution is 2.28. The Morgan fingerprint density at radius 3 is 2.57 bits per heavy atom.